The van der Waals surface area contributed by atoms with Gasteiger partial charge in [-0.25, -0.2) is 0 Å². The molecule has 224 valence electrons. The molecule has 0 bridgehead atoms. The number of hydrogen-bond donors (Lipinski definition) is 7. The van der Waals surface area contributed by atoms with Crippen molar-refractivity contribution in [3.8, 4) is 0 Å². The molecule has 11 nitrogen and oxygen atoms in total. The highest BCUT2D eigenvalue weighted by Crippen LogP contribution is 2.29. The number of rotatable bonds is 15. The van der Waals surface area contributed by atoms with Gasteiger partial charge in [-0.2, -0.15) is 0 Å². The number of aliphatic hydroxyl groups is 7. The van der Waals surface area contributed by atoms with Crippen LogP contribution in [-0.4, -0.2) is 117 Å². The SMILES string of the molecule is CC(=CCOC1OC(CO)C(OC2OC(CO)C(O)C(O)C2O)C(O)C1O)CCCC(C)CCCC(C)C. The Bertz CT molecular complexity index is 686. The normalized spacial score (nSPS) is 37.5. The van der Waals surface area contributed by atoms with Crippen LogP contribution in [0.25, 0.3) is 0 Å². The molecular weight excluding hydrogens is 500 g/mol. The summed E-state index contributed by atoms with van der Waals surface area (Å²) in [6, 6.07) is 0. The number of ether oxygens (including phenoxy) is 4. The van der Waals surface area contributed by atoms with Gasteiger partial charge in [-0.15, -0.1) is 0 Å². The molecule has 0 radical (unpaired) electrons. The van der Waals surface area contributed by atoms with E-state index in [1.54, 1.807) is 0 Å². The highest BCUT2D eigenvalue weighted by atomic mass is 16.7. The van der Waals surface area contributed by atoms with Crippen molar-refractivity contribution in [1.82, 2.24) is 0 Å². The highest BCUT2D eigenvalue weighted by molar-refractivity contribution is 4.99. The first-order valence-corrected chi connectivity index (χ1v) is 13.9. The molecule has 0 aliphatic carbocycles. The van der Waals surface area contributed by atoms with Gasteiger partial charge in [-0.1, -0.05) is 58.1 Å². The van der Waals surface area contributed by atoms with Crippen molar-refractivity contribution in [2.24, 2.45) is 11.8 Å². The molecule has 0 aromatic carbocycles. The predicted molar refractivity (Wildman–Crippen MR) is 138 cm³/mol. The van der Waals surface area contributed by atoms with Crippen LogP contribution < -0.4 is 0 Å². The Labute approximate surface area is 226 Å². The van der Waals surface area contributed by atoms with E-state index in [4.69, 9.17) is 18.9 Å². The molecule has 2 aliphatic heterocycles. The van der Waals surface area contributed by atoms with E-state index in [-0.39, 0.29) is 6.61 Å². The fourth-order valence-electron chi connectivity index (χ4n) is 4.83. The third kappa shape index (κ3) is 9.74. The minimum Gasteiger partial charge on any atom is -0.394 e. The van der Waals surface area contributed by atoms with E-state index in [9.17, 15) is 35.7 Å². The lowest BCUT2D eigenvalue weighted by molar-refractivity contribution is -0.358. The Morgan fingerprint density at radius 1 is 0.763 bits per heavy atom. The Morgan fingerprint density at radius 2 is 1.37 bits per heavy atom. The van der Waals surface area contributed by atoms with Crippen LogP contribution in [0.4, 0.5) is 0 Å². The van der Waals surface area contributed by atoms with Crippen LogP contribution in [0.2, 0.25) is 0 Å². The largest absolute Gasteiger partial charge is 0.394 e. The Kier molecular flexibility index (Phi) is 14.6. The molecule has 11 atom stereocenters. The molecule has 0 aromatic rings. The Balaban J connectivity index is 1.83. The molecule has 2 heterocycles. The van der Waals surface area contributed by atoms with Crippen molar-refractivity contribution < 1.29 is 54.7 Å². The Hall–Kier alpha value is -0.700. The summed E-state index contributed by atoms with van der Waals surface area (Å²) in [4.78, 5) is 0. The van der Waals surface area contributed by atoms with Crippen molar-refractivity contribution in [1.29, 1.82) is 0 Å². The maximum absolute atomic E-state index is 10.7. The van der Waals surface area contributed by atoms with Gasteiger partial charge in [0, 0.05) is 0 Å². The zero-order valence-electron chi connectivity index (χ0n) is 23.1. The summed E-state index contributed by atoms with van der Waals surface area (Å²) in [7, 11) is 0. The molecule has 2 fully saturated rings. The van der Waals surface area contributed by atoms with E-state index in [0.717, 1.165) is 30.8 Å². The van der Waals surface area contributed by atoms with Gasteiger partial charge in [0.2, 0.25) is 0 Å². The van der Waals surface area contributed by atoms with Crippen molar-refractivity contribution >= 4 is 0 Å². The second-order valence-electron chi connectivity index (χ2n) is 11.2. The lowest BCUT2D eigenvalue weighted by Crippen LogP contribution is -2.64. The van der Waals surface area contributed by atoms with Gasteiger partial charge in [0.05, 0.1) is 19.8 Å². The maximum atomic E-state index is 10.7. The summed E-state index contributed by atoms with van der Waals surface area (Å²) in [5, 5.41) is 70.5. The third-order valence-corrected chi connectivity index (χ3v) is 7.40. The zero-order valence-corrected chi connectivity index (χ0v) is 23.1. The van der Waals surface area contributed by atoms with Gasteiger partial charge in [0.15, 0.2) is 12.6 Å². The smallest absolute Gasteiger partial charge is 0.187 e. The average molecular weight is 551 g/mol. The van der Waals surface area contributed by atoms with Gasteiger partial charge in [0.25, 0.3) is 0 Å². The standard InChI is InChI=1S/C27H50O11/c1-15(2)7-5-8-16(3)9-6-10-17(4)11-12-35-26-24(34)22(32)25(19(14-29)37-26)38-27-23(33)21(31)20(30)18(13-28)36-27/h11,15-16,18-34H,5-10,12-14H2,1-4H3. The van der Waals surface area contributed by atoms with E-state index >= 15 is 0 Å². The number of aliphatic hydroxyl groups excluding tert-OH is 7. The van der Waals surface area contributed by atoms with Crippen molar-refractivity contribution in [3.63, 3.8) is 0 Å². The van der Waals surface area contributed by atoms with Gasteiger partial charge in [0.1, 0.15) is 48.8 Å². The minimum atomic E-state index is -1.71. The number of hydrogen-bond acceptors (Lipinski definition) is 11. The van der Waals surface area contributed by atoms with Crippen LogP contribution in [-0.2, 0) is 18.9 Å². The van der Waals surface area contributed by atoms with Crippen LogP contribution in [0, 0.1) is 11.8 Å². The average Bonchev–Trinajstić information content (AvgIpc) is 2.87. The fourth-order valence-corrected chi connectivity index (χ4v) is 4.83. The molecule has 11 heteroatoms. The minimum absolute atomic E-state index is 0.139. The summed E-state index contributed by atoms with van der Waals surface area (Å²) in [6.45, 7) is 7.69. The molecule has 0 spiro atoms. The molecule has 2 aliphatic rings. The van der Waals surface area contributed by atoms with Crippen LogP contribution in [0.15, 0.2) is 11.6 Å². The van der Waals surface area contributed by atoms with E-state index in [2.05, 4.69) is 20.8 Å². The summed E-state index contributed by atoms with van der Waals surface area (Å²) in [6.07, 6.45) is -5.73. The topological polar surface area (TPSA) is 179 Å². The maximum Gasteiger partial charge on any atom is 0.187 e. The lowest BCUT2D eigenvalue weighted by Gasteiger charge is -2.45. The summed E-state index contributed by atoms with van der Waals surface area (Å²) in [5.74, 6) is 1.44. The van der Waals surface area contributed by atoms with Gasteiger partial charge >= 0.3 is 0 Å². The first kappa shape index (κ1) is 33.5. The van der Waals surface area contributed by atoms with Crippen LogP contribution in [0.1, 0.15) is 66.2 Å². The Morgan fingerprint density at radius 3 is 2.00 bits per heavy atom. The van der Waals surface area contributed by atoms with Crippen LogP contribution in [0.5, 0.6) is 0 Å². The van der Waals surface area contributed by atoms with Crippen LogP contribution in [0.3, 0.4) is 0 Å². The van der Waals surface area contributed by atoms with E-state index in [1.165, 1.54) is 19.3 Å². The molecule has 11 unspecified atom stereocenters. The predicted octanol–water partition coefficient (Wildman–Crippen LogP) is 0.206. The van der Waals surface area contributed by atoms with Gasteiger partial charge < -0.3 is 54.7 Å². The molecule has 0 aromatic heterocycles. The summed E-state index contributed by atoms with van der Waals surface area (Å²) in [5.41, 5.74) is 1.15. The van der Waals surface area contributed by atoms with Gasteiger partial charge in [-0.05, 0) is 31.6 Å². The van der Waals surface area contributed by atoms with Crippen molar-refractivity contribution in [2.45, 2.75) is 128 Å². The fraction of sp³-hybridized carbons (Fsp3) is 0.926. The van der Waals surface area contributed by atoms with E-state index in [1.807, 2.05) is 13.0 Å². The molecule has 2 rings (SSSR count). The first-order valence-electron chi connectivity index (χ1n) is 13.9. The van der Waals surface area contributed by atoms with E-state index < -0.39 is 74.6 Å². The molecule has 2 saturated heterocycles. The van der Waals surface area contributed by atoms with E-state index in [0.29, 0.717) is 5.92 Å². The molecule has 0 amide bonds. The second kappa shape index (κ2) is 16.5. The second-order valence-corrected chi connectivity index (χ2v) is 11.2. The summed E-state index contributed by atoms with van der Waals surface area (Å²) < 4.78 is 22.1. The lowest BCUT2D eigenvalue weighted by atomic mass is 9.94. The monoisotopic (exact) mass is 550 g/mol. The van der Waals surface area contributed by atoms with Crippen molar-refractivity contribution in [2.75, 3.05) is 19.8 Å². The molecular formula is C27H50O11. The number of allylic oxidation sites excluding steroid dienone is 1. The molecule has 7 N–H and O–H groups in total. The summed E-state index contributed by atoms with van der Waals surface area (Å²) >= 11 is 0. The van der Waals surface area contributed by atoms with Crippen LogP contribution >= 0.6 is 0 Å². The molecule has 38 heavy (non-hydrogen) atoms. The quantitative estimate of drug-likeness (QED) is 0.139. The highest BCUT2D eigenvalue weighted by Gasteiger charge is 2.50. The molecule has 0 saturated carbocycles. The zero-order chi connectivity index (χ0) is 28.4. The third-order valence-electron chi connectivity index (χ3n) is 7.40. The van der Waals surface area contributed by atoms with Gasteiger partial charge in [-0.3, -0.25) is 0 Å². The van der Waals surface area contributed by atoms with Crippen molar-refractivity contribution in [3.05, 3.63) is 11.6 Å². The first-order chi connectivity index (χ1) is 18.0.